The van der Waals surface area contributed by atoms with Crippen LogP contribution in [0.25, 0.3) is 0 Å². The van der Waals surface area contributed by atoms with E-state index in [0.29, 0.717) is 6.42 Å². The van der Waals surface area contributed by atoms with Crippen LogP contribution in [0.1, 0.15) is 111 Å². The molecule has 0 aromatic heterocycles. The van der Waals surface area contributed by atoms with E-state index in [0.717, 1.165) is 19.3 Å². The molecule has 0 aromatic carbocycles. The highest BCUT2D eigenvalue weighted by atomic mass is 16.4. The molecule has 0 aliphatic heterocycles. The van der Waals surface area contributed by atoms with Crippen LogP contribution < -0.4 is 5.32 Å². The Morgan fingerprint density at radius 3 is 1.64 bits per heavy atom. The van der Waals surface area contributed by atoms with Crippen molar-refractivity contribution in [3.63, 3.8) is 0 Å². The summed E-state index contributed by atoms with van der Waals surface area (Å²) in [5.74, 6) is -1.10. The largest absolute Gasteiger partial charge is 0.480 e. The van der Waals surface area contributed by atoms with Gasteiger partial charge in [0.15, 0.2) is 0 Å². The lowest BCUT2D eigenvalue weighted by molar-refractivity contribution is -0.143. The third-order valence-electron chi connectivity index (χ3n) is 5.05. The second kappa shape index (κ2) is 16.4. The molecular weight excluding hydrogens is 314 g/mol. The molecule has 0 aliphatic carbocycles. The number of unbranched alkanes of at least 4 members (excludes halogenated alkanes) is 11. The lowest BCUT2D eigenvalue weighted by Crippen LogP contribution is -2.44. The fraction of sp³-hybridized carbons (Fsp3) is 0.905. The van der Waals surface area contributed by atoms with Gasteiger partial charge in [-0.05, 0) is 12.3 Å². The second-order valence-electron chi connectivity index (χ2n) is 7.41. The van der Waals surface area contributed by atoms with E-state index < -0.39 is 12.0 Å². The van der Waals surface area contributed by atoms with Crippen LogP contribution in [0.2, 0.25) is 0 Å². The topological polar surface area (TPSA) is 66.4 Å². The lowest BCUT2D eigenvalue weighted by Gasteiger charge is -2.20. The van der Waals surface area contributed by atoms with Gasteiger partial charge in [0.25, 0.3) is 0 Å². The van der Waals surface area contributed by atoms with Crippen molar-refractivity contribution in [3.8, 4) is 0 Å². The van der Waals surface area contributed by atoms with Crippen LogP contribution in [-0.2, 0) is 9.59 Å². The summed E-state index contributed by atoms with van der Waals surface area (Å²) < 4.78 is 0. The fourth-order valence-electron chi connectivity index (χ4n) is 3.06. The summed E-state index contributed by atoms with van der Waals surface area (Å²) in [4.78, 5) is 23.1. The maximum atomic E-state index is 11.9. The minimum absolute atomic E-state index is 0.0385. The predicted octanol–water partition coefficient (Wildman–Crippen LogP) is 5.69. The van der Waals surface area contributed by atoms with Crippen molar-refractivity contribution in [1.29, 1.82) is 0 Å². The van der Waals surface area contributed by atoms with E-state index >= 15 is 0 Å². The van der Waals surface area contributed by atoms with Gasteiger partial charge in [0, 0.05) is 6.42 Å². The summed E-state index contributed by atoms with van der Waals surface area (Å²) in [6.07, 6.45) is 16.4. The van der Waals surface area contributed by atoms with Crippen molar-refractivity contribution in [2.75, 3.05) is 0 Å². The van der Waals surface area contributed by atoms with Gasteiger partial charge in [-0.3, -0.25) is 4.79 Å². The highest BCUT2D eigenvalue weighted by Gasteiger charge is 2.24. The maximum Gasteiger partial charge on any atom is 0.326 e. The van der Waals surface area contributed by atoms with Crippen molar-refractivity contribution >= 4 is 11.9 Å². The number of hydrogen-bond acceptors (Lipinski definition) is 2. The van der Waals surface area contributed by atoms with Crippen molar-refractivity contribution in [2.45, 2.75) is 117 Å². The molecule has 0 heterocycles. The summed E-state index contributed by atoms with van der Waals surface area (Å²) in [6.45, 7) is 6.06. The summed E-state index contributed by atoms with van der Waals surface area (Å²) in [7, 11) is 0. The van der Waals surface area contributed by atoms with E-state index in [1.54, 1.807) is 0 Å². The number of carbonyl (C=O) groups is 2. The van der Waals surface area contributed by atoms with E-state index in [2.05, 4.69) is 12.2 Å². The van der Waals surface area contributed by atoms with Gasteiger partial charge in [-0.15, -0.1) is 0 Å². The average molecular weight is 356 g/mol. The van der Waals surface area contributed by atoms with E-state index in [9.17, 15) is 14.7 Å². The van der Waals surface area contributed by atoms with Crippen LogP contribution in [0.3, 0.4) is 0 Å². The average Bonchev–Trinajstić information content (AvgIpc) is 2.59. The van der Waals surface area contributed by atoms with Crippen molar-refractivity contribution < 1.29 is 14.7 Å². The number of carboxylic acids is 1. The Balaban J connectivity index is 3.52. The molecule has 2 atom stereocenters. The summed E-state index contributed by atoms with van der Waals surface area (Å²) in [6, 6.07) is -0.755. The summed E-state index contributed by atoms with van der Waals surface area (Å²) in [5, 5.41) is 11.9. The number of nitrogens with one attached hydrogen (secondary N) is 1. The summed E-state index contributed by atoms with van der Waals surface area (Å²) in [5.41, 5.74) is 0. The van der Waals surface area contributed by atoms with Crippen LogP contribution >= 0.6 is 0 Å². The Hall–Kier alpha value is -1.06. The Bertz CT molecular complexity index is 344. The first-order chi connectivity index (χ1) is 12.0. The summed E-state index contributed by atoms with van der Waals surface area (Å²) >= 11 is 0. The molecule has 0 bridgehead atoms. The van der Waals surface area contributed by atoms with Crippen molar-refractivity contribution in [1.82, 2.24) is 5.32 Å². The van der Waals surface area contributed by atoms with Crippen LogP contribution in [0, 0.1) is 5.92 Å². The molecule has 4 nitrogen and oxygen atoms in total. The molecule has 0 fully saturated rings. The first-order valence-electron chi connectivity index (χ1n) is 10.5. The van der Waals surface area contributed by atoms with Gasteiger partial charge in [0.1, 0.15) is 6.04 Å². The zero-order valence-electron chi connectivity index (χ0n) is 16.8. The molecule has 0 saturated heterocycles. The minimum Gasteiger partial charge on any atom is -0.480 e. The van der Waals surface area contributed by atoms with Gasteiger partial charge < -0.3 is 10.4 Å². The molecule has 1 amide bonds. The first kappa shape index (κ1) is 23.9. The highest BCUT2D eigenvalue weighted by Crippen LogP contribution is 2.13. The van der Waals surface area contributed by atoms with Gasteiger partial charge in [0.2, 0.25) is 5.91 Å². The Morgan fingerprint density at radius 1 is 0.800 bits per heavy atom. The third kappa shape index (κ3) is 13.9. The van der Waals surface area contributed by atoms with Gasteiger partial charge in [0.05, 0.1) is 0 Å². The molecular formula is C21H41NO3. The molecule has 0 aromatic rings. The zero-order valence-corrected chi connectivity index (χ0v) is 16.8. The molecule has 4 heteroatoms. The minimum atomic E-state index is -0.933. The smallest absolute Gasteiger partial charge is 0.326 e. The first-order valence-corrected chi connectivity index (χ1v) is 10.5. The van der Waals surface area contributed by atoms with Gasteiger partial charge in [-0.2, -0.15) is 0 Å². The number of carbonyl (C=O) groups excluding carboxylic acids is 1. The number of hydrogen-bond donors (Lipinski definition) is 2. The van der Waals surface area contributed by atoms with Crippen molar-refractivity contribution in [2.24, 2.45) is 5.92 Å². The monoisotopic (exact) mass is 355 g/mol. The van der Waals surface area contributed by atoms with E-state index in [-0.39, 0.29) is 11.8 Å². The molecule has 148 valence electrons. The normalized spacial score (nSPS) is 13.4. The van der Waals surface area contributed by atoms with E-state index in [4.69, 9.17) is 0 Å². The third-order valence-corrected chi connectivity index (χ3v) is 5.05. The molecule has 0 spiro atoms. The second-order valence-corrected chi connectivity index (χ2v) is 7.41. The maximum absolute atomic E-state index is 11.9. The Kier molecular flexibility index (Phi) is 15.7. The highest BCUT2D eigenvalue weighted by molar-refractivity contribution is 5.83. The van der Waals surface area contributed by atoms with E-state index in [1.807, 2.05) is 13.8 Å². The SMILES string of the molecule is CCCCCCCCCCCCCCC(=O)N[C@@H](C(=O)O)[C@H](C)CC. The Labute approximate surface area is 155 Å². The lowest BCUT2D eigenvalue weighted by atomic mass is 9.99. The quantitative estimate of drug-likeness (QED) is 0.329. The number of rotatable bonds is 17. The molecule has 0 unspecified atom stereocenters. The van der Waals surface area contributed by atoms with Crippen LogP contribution in [0.5, 0.6) is 0 Å². The molecule has 25 heavy (non-hydrogen) atoms. The van der Waals surface area contributed by atoms with Crippen molar-refractivity contribution in [3.05, 3.63) is 0 Å². The van der Waals surface area contributed by atoms with Gasteiger partial charge in [-0.1, -0.05) is 97.8 Å². The number of carboxylic acid groups (broad SMARTS) is 1. The standard InChI is InChI=1S/C21H41NO3/c1-4-6-7-8-9-10-11-12-13-14-15-16-17-19(23)22-20(21(24)25)18(3)5-2/h18,20H,4-17H2,1-3H3,(H,22,23)(H,24,25)/t18-,20-/m1/s1. The number of amides is 1. The molecule has 2 N–H and O–H groups in total. The molecule has 0 radical (unpaired) electrons. The predicted molar refractivity (Wildman–Crippen MR) is 105 cm³/mol. The van der Waals surface area contributed by atoms with Crippen LogP contribution in [-0.4, -0.2) is 23.0 Å². The van der Waals surface area contributed by atoms with Crippen LogP contribution in [0.4, 0.5) is 0 Å². The van der Waals surface area contributed by atoms with Gasteiger partial charge in [-0.25, -0.2) is 4.79 Å². The van der Waals surface area contributed by atoms with Gasteiger partial charge >= 0.3 is 5.97 Å². The van der Waals surface area contributed by atoms with Crippen LogP contribution in [0.15, 0.2) is 0 Å². The van der Waals surface area contributed by atoms with E-state index in [1.165, 1.54) is 64.2 Å². The molecule has 0 saturated carbocycles. The number of aliphatic carboxylic acids is 1. The fourth-order valence-corrected chi connectivity index (χ4v) is 3.06. The molecule has 0 rings (SSSR count). The Morgan fingerprint density at radius 2 is 1.24 bits per heavy atom. The molecule has 0 aliphatic rings. The zero-order chi connectivity index (χ0) is 18.9.